The highest BCUT2D eigenvalue weighted by molar-refractivity contribution is 6.33. The minimum absolute atomic E-state index is 0.0187. The fourth-order valence-corrected chi connectivity index (χ4v) is 3.93. The Balaban J connectivity index is 1.92. The maximum absolute atomic E-state index is 12.7. The molecule has 6 heteroatoms. The fraction of sp³-hybridized carbons (Fsp3) is 0.533. The summed E-state index contributed by atoms with van der Waals surface area (Å²) in [5.74, 6) is 0.305. The van der Waals surface area contributed by atoms with Crippen LogP contribution in [-0.4, -0.2) is 28.3 Å². The van der Waals surface area contributed by atoms with Gasteiger partial charge in [-0.2, -0.15) is 0 Å². The Kier molecular flexibility index (Phi) is 3.85. The molecule has 1 aromatic carbocycles. The van der Waals surface area contributed by atoms with Gasteiger partial charge in [-0.1, -0.05) is 30.5 Å². The Morgan fingerprint density at radius 2 is 2.05 bits per heavy atom. The van der Waals surface area contributed by atoms with Crippen LogP contribution in [0.4, 0.5) is 5.69 Å². The molecule has 1 aliphatic heterocycles. The average Bonchev–Trinajstić information content (AvgIpc) is 2.89. The van der Waals surface area contributed by atoms with Crippen LogP contribution in [0.1, 0.15) is 42.5 Å². The zero-order valence-corrected chi connectivity index (χ0v) is 12.4. The number of carbonyl (C=O) groups excluding carboxylic acids is 1. The van der Waals surface area contributed by atoms with Crippen molar-refractivity contribution in [2.45, 2.75) is 38.1 Å². The molecule has 1 saturated carbocycles. The molecule has 2 unspecified atom stereocenters. The summed E-state index contributed by atoms with van der Waals surface area (Å²) in [7, 11) is 0. The van der Waals surface area contributed by atoms with Crippen molar-refractivity contribution in [3.8, 4) is 0 Å². The number of rotatable bonds is 2. The molecule has 1 saturated heterocycles. The molecule has 21 heavy (non-hydrogen) atoms. The van der Waals surface area contributed by atoms with E-state index in [0.717, 1.165) is 25.7 Å². The Morgan fingerprint density at radius 3 is 2.81 bits per heavy atom. The van der Waals surface area contributed by atoms with Gasteiger partial charge < -0.3 is 4.90 Å². The molecule has 5 nitrogen and oxygen atoms in total. The van der Waals surface area contributed by atoms with E-state index in [1.807, 2.05) is 4.90 Å². The number of nitro benzene ring substituents is 1. The topological polar surface area (TPSA) is 63.4 Å². The Hall–Kier alpha value is -1.62. The molecule has 0 spiro atoms. The van der Waals surface area contributed by atoms with Gasteiger partial charge >= 0.3 is 5.69 Å². The van der Waals surface area contributed by atoms with Gasteiger partial charge in [-0.25, -0.2) is 0 Å². The van der Waals surface area contributed by atoms with E-state index in [9.17, 15) is 14.9 Å². The average molecular weight is 309 g/mol. The number of hydrogen-bond acceptors (Lipinski definition) is 3. The van der Waals surface area contributed by atoms with Crippen LogP contribution in [0.25, 0.3) is 0 Å². The van der Waals surface area contributed by atoms with Crippen LogP contribution < -0.4 is 0 Å². The molecule has 0 aromatic heterocycles. The minimum atomic E-state index is -0.565. The summed E-state index contributed by atoms with van der Waals surface area (Å²) in [5.41, 5.74) is -0.165. The van der Waals surface area contributed by atoms with Gasteiger partial charge in [0.2, 0.25) is 0 Å². The lowest BCUT2D eigenvalue weighted by Gasteiger charge is -2.31. The highest BCUT2D eigenvalue weighted by Gasteiger charge is 2.40. The molecule has 0 N–H and O–H groups in total. The number of nitro groups is 1. The van der Waals surface area contributed by atoms with Crippen molar-refractivity contribution in [3.05, 3.63) is 38.9 Å². The number of nitrogens with zero attached hydrogens (tertiary/aromatic N) is 2. The molecule has 1 aromatic rings. The van der Waals surface area contributed by atoms with Gasteiger partial charge in [-0.15, -0.1) is 0 Å². The second-order valence-electron chi connectivity index (χ2n) is 5.79. The van der Waals surface area contributed by atoms with Crippen molar-refractivity contribution in [1.82, 2.24) is 4.90 Å². The van der Waals surface area contributed by atoms with E-state index >= 15 is 0 Å². The van der Waals surface area contributed by atoms with E-state index < -0.39 is 4.92 Å². The van der Waals surface area contributed by atoms with Gasteiger partial charge in [-0.05, 0) is 37.3 Å². The summed E-state index contributed by atoms with van der Waals surface area (Å²) in [4.78, 5) is 25.2. The number of likely N-dealkylation sites (tertiary alicyclic amines) is 1. The molecule has 1 amide bonds. The van der Waals surface area contributed by atoms with Crippen molar-refractivity contribution in [2.75, 3.05) is 6.54 Å². The van der Waals surface area contributed by atoms with Crippen molar-refractivity contribution >= 4 is 23.2 Å². The second kappa shape index (κ2) is 5.64. The normalized spacial score (nSPS) is 24.7. The SMILES string of the molecule is O=C(c1cccc(Cl)c1[N+](=O)[O-])N1CCC2CCCCC21. The fourth-order valence-electron chi connectivity index (χ4n) is 3.69. The first kappa shape index (κ1) is 14.3. The third-order valence-electron chi connectivity index (χ3n) is 4.67. The molecule has 112 valence electrons. The largest absolute Gasteiger partial charge is 0.335 e. The van der Waals surface area contributed by atoms with E-state index in [-0.39, 0.29) is 28.2 Å². The molecule has 2 aliphatic rings. The van der Waals surface area contributed by atoms with Gasteiger partial charge in [0.25, 0.3) is 5.91 Å². The molecule has 2 fully saturated rings. The summed E-state index contributed by atoms with van der Waals surface area (Å²) >= 11 is 5.90. The summed E-state index contributed by atoms with van der Waals surface area (Å²) in [6, 6.07) is 4.79. The van der Waals surface area contributed by atoms with Gasteiger partial charge in [0.05, 0.1) is 4.92 Å². The first-order chi connectivity index (χ1) is 10.1. The summed E-state index contributed by atoms with van der Waals surface area (Å²) in [6.07, 6.45) is 5.52. The Labute approximate surface area is 128 Å². The third kappa shape index (κ3) is 2.50. The molecule has 3 rings (SSSR count). The van der Waals surface area contributed by atoms with Crippen molar-refractivity contribution in [1.29, 1.82) is 0 Å². The molecule has 0 bridgehead atoms. The highest BCUT2D eigenvalue weighted by atomic mass is 35.5. The maximum atomic E-state index is 12.7. The number of para-hydroxylation sites is 1. The molecular weight excluding hydrogens is 292 g/mol. The lowest BCUT2D eigenvalue weighted by molar-refractivity contribution is -0.385. The second-order valence-corrected chi connectivity index (χ2v) is 6.20. The quantitative estimate of drug-likeness (QED) is 0.619. The lowest BCUT2D eigenvalue weighted by Crippen LogP contribution is -2.39. The molecule has 2 atom stereocenters. The third-order valence-corrected chi connectivity index (χ3v) is 4.98. The van der Waals surface area contributed by atoms with Crippen LogP contribution in [0.15, 0.2) is 18.2 Å². The molecule has 1 aliphatic carbocycles. The van der Waals surface area contributed by atoms with Crippen LogP contribution in [0.3, 0.4) is 0 Å². The Bertz CT molecular complexity index is 590. The summed E-state index contributed by atoms with van der Waals surface area (Å²) in [5, 5.41) is 11.2. The van der Waals surface area contributed by atoms with E-state index in [2.05, 4.69) is 0 Å². The van der Waals surface area contributed by atoms with E-state index in [1.165, 1.54) is 18.6 Å². The van der Waals surface area contributed by atoms with Crippen LogP contribution >= 0.6 is 11.6 Å². The van der Waals surface area contributed by atoms with Gasteiger partial charge in [0.1, 0.15) is 10.6 Å². The number of carbonyl (C=O) groups is 1. The lowest BCUT2D eigenvalue weighted by atomic mass is 9.85. The smallest absolute Gasteiger partial charge is 0.300 e. The van der Waals surface area contributed by atoms with Crippen molar-refractivity contribution in [3.63, 3.8) is 0 Å². The van der Waals surface area contributed by atoms with E-state index in [4.69, 9.17) is 11.6 Å². The Morgan fingerprint density at radius 1 is 1.29 bits per heavy atom. The minimum Gasteiger partial charge on any atom is -0.335 e. The van der Waals surface area contributed by atoms with Gasteiger partial charge in [0.15, 0.2) is 0 Å². The zero-order valence-electron chi connectivity index (χ0n) is 11.6. The number of benzene rings is 1. The van der Waals surface area contributed by atoms with Gasteiger partial charge in [0, 0.05) is 12.6 Å². The highest BCUT2D eigenvalue weighted by Crippen LogP contribution is 2.38. The zero-order chi connectivity index (χ0) is 15.0. The predicted octanol–water partition coefficient (Wildman–Crippen LogP) is 3.65. The van der Waals surface area contributed by atoms with Crippen LogP contribution in [0, 0.1) is 16.0 Å². The standard InChI is InChI=1S/C15H17ClN2O3/c16-12-6-3-5-11(14(12)18(20)21)15(19)17-9-8-10-4-1-2-7-13(10)17/h3,5-6,10,13H,1-2,4,7-9H2. The summed E-state index contributed by atoms with van der Waals surface area (Å²) in [6.45, 7) is 0.692. The van der Waals surface area contributed by atoms with E-state index in [1.54, 1.807) is 6.07 Å². The van der Waals surface area contributed by atoms with Crippen LogP contribution in [0.2, 0.25) is 5.02 Å². The molecule has 1 heterocycles. The van der Waals surface area contributed by atoms with Gasteiger partial charge in [-0.3, -0.25) is 14.9 Å². The number of amides is 1. The van der Waals surface area contributed by atoms with E-state index in [0.29, 0.717) is 12.5 Å². The van der Waals surface area contributed by atoms with Crippen molar-refractivity contribution < 1.29 is 9.72 Å². The van der Waals surface area contributed by atoms with Crippen LogP contribution in [-0.2, 0) is 0 Å². The first-order valence-electron chi connectivity index (χ1n) is 7.33. The van der Waals surface area contributed by atoms with Crippen molar-refractivity contribution in [2.24, 2.45) is 5.92 Å². The molecule has 0 radical (unpaired) electrons. The molecular formula is C15H17ClN2O3. The predicted molar refractivity (Wildman–Crippen MR) is 79.5 cm³/mol. The number of fused-ring (bicyclic) bond motifs is 1. The maximum Gasteiger partial charge on any atom is 0.300 e. The first-order valence-corrected chi connectivity index (χ1v) is 7.71. The van der Waals surface area contributed by atoms with Crippen LogP contribution in [0.5, 0.6) is 0 Å². The number of hydrogen-bond donors (Lipinski definition) is 0. The number of halogens is 1. The monoisotopic (exact) mass is 308 g/mol. The summed E-state index contributed by atoms with van der Waals surface area (Å²) < 4.78 is 0.